The molecule has 0 aromatic rings. The number of phosphoric acid groups is 2. The summed E-state index contributed by atoms with van der Waals surface area (Å²) in [6, 6.07) is 0. The van der Waals surface area contributed by atoms with Crippen LogP contribution in [0.5, 0.6) is 0 Å². The molecule has 0 aromatic heterocycles. The van der Waals surface area contributed by atoms with Gasteiger partial charge >= 0.3 is 33.6 Å². The van der Waals surface area contributed by atoms with Gasteiger partial charge in [0.15, 0.2) is 6.10 Å². The number of phosphoric ester groups is 2. The highest BCUT2D eigenvalue weighted by Gasteiger charge is 2.29. The average molecular weight is 1430 g/mol. The number of aliphatic hydroxyl groups excluding tert-OH is 2. The summed E-state index contributed by atoms with van der Waals surface area (Å²) in [5.41, 5.74) is 0. The molecule has 4 N–H and O–H groups in total. The molecule has 16 nitrogen and oxygen atoms in total. The van der Waals surface area contributed by atoms with Gasteiger partial charge < -0.3 is 34.2 Å². The fraction of sp³-hybridized carbons (Fsp3) is 0.741. The number of carbonyl (C=O) groups is 3. The number of esters is 3. The summed E-state index contributed by atoms with van der Waals surface area (Å²) >= 11 is 0. The minimum atomic E-state index is -4.93. The maximum Gasteiger partial charge on any atom is 0.472 e. The van der Waals surface area contributed by atoms with E-state index in [2.05, 4.69) is 130 Å². The van der Waals surface area contributed by atoms with Crippen molar-refractivity contribution < 1.29 is 75.8 Å². The van der Waals surface area contributed by atoms with Crippen molar-refractivity contribution in [1.82, 2.24) is 0 Å². The molecule has 0 aliphatic carbocycles. The predicted molar refractivity (Wildman–Crippen MR) is 408 cm³/mol. The Labute approximate surface area is 602 Å². The molecular weight excluding hydrogens is 1290 g/mol. The van der Waals surface area contributed by atoms with Crippen LogP contribution >= 0.6 is 15.6 Å². The molecule has 0 aromatic carbocycles. The van der Waals surface area contributed by atoms with Crippen LogP contribution in [-0.2, 0) is 55.8 Å². The lowest BCUT2D eigenvalue weighted by Gasteiger charge is -2.21. The van der Waals surface area contributed by atoms with Gasteiger partial charge in [-0.25, -0.2) is 9.13 Å². The zero-order valence-electron chi connectivity index (χ0n) is 62.4. The number of ether oxygens (including phenoxy) is 3. The fourth-order valence-corrected chi connectivity index (χ4v) is 12.1. The Morgan fingerprint density at radius 1 is 0.293 bits per heavy atom. The molecule has 5 atom stereocenters. The van der Waals surface area contributed by atoms with Gasteiger partial charge in [0.05, 0.1) is 26.4 Å². The Kier molecular flexibility index (Phi) is 71.1. The third-order valence-corrected chi connectivity index (χ3v) is 18.4. The predicted octanol–water partition coefficient (Wildman–Crippen LogP) is 22.8. The standard InChI is InChI=1S/C81H142O16P2/c1-4-7-10-13-16-19-22-25-27-29-31-32-33-34-35-36-37-38-39-40-41-42-44-46-47-50-52-55-58-61-64-67-79(84)91-70-76(82)71-93-98(87,88)94-72-77(83)73-95-99(89,90)96-75-78(97-81(86)69-66-63-60-57-54-49-24-21-18-15-12-9-6-3)74-92-80(85)68-65-62-59-56-53-51-48-45-43-30-28-26-23-20-17-14-11-8-5-2/h8,11,16-17,19-20,25-28,31-32,34-35,43,45,51,53,76-78,82-83H,4-7,9-10,12-15,18,21-24,29-30,33,36-42,44,46-50,52,54-75H2,1-3H3,(H,87,88)(H,89,90)/b11-8-,19-16-,20-17-,27-25-,28-26-,32-31-,35-34-,45-43-,53-51-. The van der Waals surface area contributed by atoms with E-state index in [4.69, 9.17) is 32.3 Å². The van der Waals surface area contributed by atoms with Crippen molar-refractivity contribution in [2.45, 2.75) is 347 Å². The number of rotatable bonds is 74. The van der Waals surface area contributed by atoms with E-state index >= 15 is 0 Å². The van der Waals surface area contributed by atoms with E-state index < -0.39 is 91.5 Å². The average Bonchev–Trinajstić information content (AvgIpc) is 1.06. The summed E-state index contributed by atoms with van der Waals surface area (Å²) in [7, 11) is -9.79. The highest BCUT2D eigenvalue weighted by Crippen LogP contribution is 2.45. The number of carbonyl (C=O) groups excluding carboxylic acids is 3. The Balaban J connectivity index is 4.45. The maximum atomic E-state index is 12.9. The van der Waals surface area contributed by atoms with Gasteiger partial charge in [0.1, 0.15) is 25.4 Å². The van der Waals surface area contributed by atoms with Gasteiger partial charge in [0.2, 0.25) is 0 Å². The summed E-state index contributed by atoms with van der Waals surface area (Å²) in [6.45, 7) is 2.52. The molecular formula is C81H142O16P2. The van der Waals surface area contributed by atoms with E-state index in [1.54, 1.807) is 0 Å². The minimum absolute atomic E-state index is 0.0991. The molecule has 572 valence electrons. The van der Waals surface area contributed by atoms with E-state index in [0.717, 1.165) is 116 Å². The van der Waals surface area contributed by atoms with Crippen LogP contribution in [-0.4, -0.2) is 95.9 Å². The first-order valence-electron chi connectivity index (χ1n) is 39.2. The van der Waals surface area contributed by atoms with E-state index in [1.165, 1.54) is 154 Å². The number of allylic oxidation sites excluding steroid dienone is 18. The van der Waals surface area contributed by atoms with E-state index in [9.17, 15) is 43.5 Å². The topological polar surface area (TPSA) is 231 Å². The summed E-state index contributed by atoms with van der Waals surface area (Å²) in [4.78, 5) is 58.5. The van der Waals surface area contributed by atoms with Crippen LogP contribution in [0.25, 0.3) is 0 Å². The second kappa shape index (κ2) is 73.9. The number of hydrogen-bond acceptors (Lipinski definition) is 14. The molecule has 99 heavy (non-hydrogen) atoms. The van der Waals surface area contributed by atoms with Crippen molar-refractivity contribution in [3.63, 3.8) is 0 Å². The Bertz CT molecular complexity index is 2240. The molecule has 0 spiro atoms. The van der Waals surface area contributed by atoms with E-state index in [-0.39, 0.29) is 19.3 Å². The smallest absolute Gasteiger partial charge is 0.463 e. The maximum absolute atomic E-state index is 12.9. The quantitative estimate of drug-likeness (QED) is 0.0146. The monoisotopic (exact) mass is 1430 g/mol. The van der Waals surface area contributed by atoms with Gasteiger partial charge in [0, 0.05) is 19.3 Å². The molecule has 18 heteroatoms. The first-order valence-corrected chi connectivity index (χ1v) is 42.2. The van der Waals surface area contributed by atoms with Crippen LogP contribution in [0.1, 0.15) is 329 Å². The molecule has 0 aliphatic heterocycles. The third kappa shape index (κ3) is 75.2. The van der Waals surface area contributed by atoms with Gasteiger partial charge in [0.25, 0.3) is 0 Å². The molecule has 0 heterocycles. The molecule has 0 saturated carbocycles. The highest BCUT2D eigenvalue weighted by molar-refractivity contribution is 7.47. The largest absolute Gasteiger partial charge is 0.472 e. The lowest BCUT2D eigenvalue weighted by Crippen LogP contribution is -2.30. The first-order chi connectivity index (χ1) is 48.2. The number of aliphatic hydroxyl groups is 2. The fourth-order valence-electron chi connectivity index (χ4n) is 10.5. The van der Waals surface area contributed by atoms with E-state index in [0.29, 0.717) is 19.3 Å². The van der Waals surface area contributed by atoms with Gasteiger partial charge in [-0.1, -0.05) is 310 Å². The van der Waals surface area contributed by atoms with Crippen molar-refractivity contribution >= 4 is 33.6 Å². The summed E-state index contributed by atoms with van der Waals surface area (Å²) in [6.07, 6.45) is 85.8. The molecule has 0 amide bonds. The van der Waals surface area contributed by atoms with Gasteiger partial charge in [-0.05, 0) is 109 Å². The van der Waals surface area contributed by atoms with Crippen LogP contribution in [0, 0.1) is 0 Å². The zero-order chi connectivity index (χ0) is 72.3. The normalized spacial score (nSPS) is 14.6. The molecule has 0 fully saturated rings. The Morgan fingerprint density at radius 3 is 0.879 bits per heavy atom. The second-order valence-electron chi connectivity index (χ2n) is 26.1. The SMILES string of the molecule is CC/C=C\C/C=C\C/C=C\C/C=C\C/C=C\CCCCCC(=O)OCC(COP(=O)(O)OCC(O)COP(=O)(O)OCC(O)COC(=O)CCCCCCCCCCCCCCCCC/C=C\C/C=C\C/C=C\C/C=C\CCCCC)OC(=O)CCCCCCCCCCCCCCC. The molecule has 0 rings (SSSR count). The molecule has 0 aliphatic rings. The van der Waals surface area contributed by atoms with Crippen LogP contribution in [0.2, 0.25) is 0 Å². The van der Waals surface area contributed by atoms with Crippen LogP contribution in [0.3, 0.4) is 0 Å². The number of hydrogen-bond donors (Lipinski definition) is 4. The molecule has 5 unspecified atom stereocenters. The summed E-state index contributed by atoms with van der Waals surface area (Å²) in [5, 5.41) is 20.6. The van der Waals surface area contributed by atoms with Crippen LogP contribution in [0.4, 0.5) is 0 Å². The zero-order valence-corrected chi connectivity index (χ0v) is 64.2. The van der Waals surface area contributed by atoms with Crippen LogP contribution in [0.15, 0.2) is 109 Å². The Morgan fingerprint density at radius 2 is 0.535 bits per heavy atom. The van der Waals surface area contributed by atoms with Crippen LogP contribution < -0.4 is 0 Å². The molecule has 0 radical (unpaired) electrons. The lowest BCUT2D eigenvalue weighted by molar-refractivity contribution is -0.161. The number of unbranched alkanes of at least 4 members (excludes halogenated alkanes) is 33. The first kappa shape index (κ1) is 95.2. The van der Waals surface area contributed by atoms with Crippen molar-refractivity contribution in [2.75, 3.05) is 39.6 Å². The van der Waals surface area contributed by atoms with Gasteiger partial charge in [-0.15, -0.1) is 0 Å². The van der Waals surface area contributed by atoms with Gasteiger partial charge in [-0.3, -0.25) is 32.5 Å². The van der Waals surface area contributed by atoms with Crippen molar-refractivity contribution in [3.05, 3.63) is 109 Å². The summed E-state index contributed by atoms with van der Waals surface area (Å²) < 4.78 is 61.0. The summed E-state index contributed by atoms with van der Waals surface area (Å²) in [5.74, 6) is -1.60. The highest BCUT2D eigenvalue weighted by atomic mass is 31.2. The van der Waals surface area contributed by atoms with Crippen molar-refractivity contribution in [1.29, 1.82) is 0 Å². The lowest BCUT2D eigenvalue weighted by atomic mass is 10.0. The van der Waals surface area contributed by atoms with E-state index in [1.807, 2.05) is 0 Å². The molecule has 0 bridgehead atoms. The van der Waals surface area contributed by atoms with Gasteiger partial charge in [-0.2, -0.15) is 0 Å². The van der Waals surface area contributed by atoms with Crippen molar-refractivity contribution in [3.8, 4) is 0 Å². The Hall–Kier alpha value is -3.79. The minimum Gasteiger partial charge on any atom is -0.463 e. The van der Waals surface area contributed by atoms with Crippen molar-refractivity contribution in [2.24, 2.45) is 0 Å². The second-order valence-corrected chi connectivity index (χ2v) is 29.0. The third-order valence-electron chi connectivity index (χ3n) is 16.5. The molecule has 0 saturated heterocycles.